The molecular formula is C11H10F3N3S2. The zero-order chi connectivity index (χ0) is 14.0. The Morgan fingerprint density at radius 3 is 2.63 bits per heavy atom. The second kappa shape index (κ2) is 5.38. The van der Waals surface area contributed by atoms with Crippen molar-refractivity contribution in [3.63, 3.8) is 0 Å². The standard InChI is InChI=1S/C11H10F3N3S2/c1-15-10-16-4-7(11(12,13)14)9(17-10)8-3-6(18-2)5-19-8/h3-5H,1-2H3,(H,15,16,17). The van der Waals surface area contributed by atoms with E-state index in [-0.39, 0.29) is 11.6 Å². The van der Waals surface area contributed by atoms with E-state index in [0.717, 1.165) is 11.1 Å². The Kier molecular flexibility index (Phi) is 4.00. The maximum absolute atomic E-state index is 13.0. The van der Waals surface area contributed by atoms with Crippen molar-refractivity contribution in [3.8, 4) is 10.6 Å². The number of hydrogen-bond donors (Lipinski definition) is 1. The monoisotopic (exact) mass is 305 g/mol. The predicted molar refractivity (Wildman–Crippen MR) is 71.7 cm³/mol. The van der Waals surface area contributed by atoms with Crippen LogP contribution in [0.1, 0.15) is 5.56 Å². The molecule has 0 saturated carbocycles. The van der Waals surface area contributed by atoms with Crippen molar-refractivity contribution in [2.24, 2.45) is 0 Å². The SMILES string of the molecule is CNc1ncc(C(F)(F)F)c(-c2cc(SC)cs2)n1. The highest BCUT2D eigenvalue weighted by molar-refractivity contribution is 7.98. The van der Waals surface area contributed by atoms with Crippen LogP contribution in [0.2, 0.25) is 0 Å². The fraction of sp³-hybridized carbons (Fsp3) is 0.273. The van der Waals surface area contributed by atoms with Crippen molar-refractivity contribution >= 4 is 29.0 Å². The first-order chi connectivity index (χ1) is 8.95. The quantitative estimate of drug-likeness (QED) is 0.870. The number of anilines is 1. The van der Waals surface area contributed by atoms with Crippen LogP contribution in [-0.4, -0.2) is 23.3 Å². The van der Waals surface area contributed by atoms with E-state index in [2.05, 4.69) is 15.3 Å². The van der Waals surface area contributed by atoms with E-state index in [1.165, 1.54) is 23.1 Å². The first-order valence-corrected chi connectivity index (χ1v) is 7.31. The summed E-state index contributed by atoms with van der Waals surface area (Å²) in [7, 11) is 1.56. The summed E-state index contributed by atoms with van der Waals surface area (Å²) in [6.45, 7) is 0. The largest absolute Gasteiger partial charge is 0.420 e. The first-order valence-electron chi connectivity index (χ1n) is 5.20. The van der Waals surface area contributed by atoms with Crippen molar-refractivity contribution in [1.29, 1.82) is 0 Å². The van der Waals surface area contributed by atoms with Crippen molar-refractivity contribution in [3.05, 3.63) is 23.2 Å². The lowest BCUT2D eigenvalue weighted by atomic mass is 10.2. The summed E-state index contributed by atoms with van der Waals surface area (Å²) in [5.74, 6) is 0.169. The highest BCUT2D eigenvalue weighted by atomic mass is 32.2. The highest BCUT2D eigenvalue weighted by Crippen LogP contribution is 2.39. The molecule has 0 aliphatic carbocycles. The molecule has 19 heavy (non-hydrogen) atoms. The van der Waals surface area contributed by atoms with Crippen molar-refractivity contribution in [2.45, 2.75) is 11.1 Å². The number of halogens is 3. The summed E-state index contributed by atoms with van der Waals surface area (Å²) in [6, 6.07) is 1.70. The number of alkyl halides is 3. The molecule has 2 heterocycles. The maximum Gasteiger partial charge on any atom is 0.420 e. The highest BCUT2D eigenvalue weighted by Gasteiger charge is 2.35. The van der Waals surface area contributed by atoms with Gasteiger partial charge in [0.1, 0.15) is 5.56 Å². The van der Waals surface area contributed by atoms with E-state index < -0.39 is 11.7 Å². The van der Waals surface area contributed by atoms with E-state index in [1.807, 2.05) is 6.26 Å². The third kappa shape index (κ3) is 3.01. The molecule has 2 aromatic heterocycles. The molecule has 0 aliphatic heterocycles. The fourth-order valence-electron chi connectivity index (χ4n) is 1.45. The molecule has 0 fully saturated rings. The summed E-state index contributed by atoms with van der Waals surface area (Å²) in [5.41, 5.74) is -0.904. The van der Waals surface area contributed by atoms with Gasteiger partial charge in [-0.3, -0.25) is 0 Å². The Morgan fingerprint density at radius 1 is 1.37 bits per heavy atom. The summed E-state index contributed by atoms with van der Waals surface area (Å²) in [5, 5.41) is 4.45. The van der Waals surface area contributed by atoms with Gasteiger partial charge in [-0.2, -0.15) is 13.2 Å². The van der Waals surface area contributed by atoms with Crippen LogP contribution in [0, 0.1) is 0 Å². The lowest BCUT2D eigenvalue weighted by Gasteiger charge is -2.11. The van der Waals surface area contributed by atoms with Crippen LogP contribution in [0.5, 0.6) is 0 Å². The summed E-state index contributed by atoms with van der Waals surface area (Å²) in [6.07, 6.45) is -1.78. The van der Waals surface area contributed by atoms with E-state index in [0.29, 0.717) is 4.88 Å². The zero-order valence-corrected chi connectivity index (χ0v) is 11.7. The fourth-order valence-corrected chi connectivity index (χ4v) is 3.06. The average molecular weight is 305 g/mol. The van der Waals surface area contributed by atoms with E-state index in [1.54, 1.807) is 18.5 Å². The Morgan fingerprint density at radius 2 is 2.11 bits per heavy atom. The first kappa shape index (κ1) is 14.1. The van der Waals surface area contributed by atoms with Gasteiger partial charge in [0.15, 0.2) is 0 Å². The molecule has 2 aromatic rings. The molecule has 0 atom stereocenters. The van der Waals surface area contributed by atoms with Gasteiger partial charge in [0.2, 0.25) is 5.95 Å². The summed E-state index contributed by atoms with van der Waals surface area (Å²) in [4.78, 5) is 8.97. The average Bonchev–Trinajstić information content (AvgIpc) is 2.85. The van der Waals surface area contributed by atoms with Crippen LogP contribution < -0.4 is 5.32 Å². The number of thioether (sulfide) groups is 1. The maximum atomic E-state index is 13.0. The van der Waals surface area contributed by atoms with Gasteiger partial charge < -0.3 is 5.32 Å². The molecule has 8 heteroatoms. The van der Waals surface area contributed by atoms with Crippen LogP contribution in [0.4, 0.5) is 19.1 Å². The van der Waals surface area contributed by atoms with Gasteiger partial charge in [-0.05, 0) is 12.3 Å². The minimum absolute atomic E-state index is 0.0860. The molecular weight excluding hydrogens is 295 g/mol. The molecule has 0 bridgehead atoms. The number of rotatable bonds is 3. The third-order valence-electron chi connectivity index (χ3n) is 2.36. The topological polar surface area (TPSA) is 37.8 Å². The number of thiophene rings is 1. The van der Waals surface area contributed by atoms with Crippen LogP contribution in [0.25, 0.3) is 10.6 Å². The molecule has 102 valence electrons. The van der Waals surface area contributed by atoms with Gasteiger partial charge >= 0.3 is 6.18 Å². The van der Waals surface area contributed by atoms with E-state index in [9.17, 15) is 13.2 Å². The van der Waals surface area contributed by atoms with Crippen molar-refractivity contribution in [2.75, 3.05) is 18.6 Å². The number of aromatic nitrogens is 2. The molecule has 2 rings (SSSR count). The molecule has 0 aliphatic rings. The molecule has 0 radical (unpaired) electrons. The van der Waals surface area contributed by atoms with E-state index in [4.69, 9.17) is 0 Å². The predicted octanol–water partition coefficient (Wildman–Crippen LogP) is 3.99. The Bertz CT molecular complexity index is 581. The molecule has 0 saturated heterocycles. The third-order valence-corrected chi connectivity index (χ3v) is 4.16. The van der Waals surface area contributed by atoms with Gasteiger partial charge in [0.25, 0.3) is 0 Å². The normalized spacial score (nSPS) is 11.6. The molecule has 0 amide bonds. The van der Waals surface area contributed by atoms with E-state index >= 15 is 0 Å². The zero-order valence-electron chi connectivity index (χ0n) is 10.1. The second-order valence-corrected chi connectivity index (χ2v) is 5.35. The second-order valence-electron chi connectivity index (χ2n) is 3.55. The van der Waals surface area contributed by atoms with Crippen molar-refractivity contribution in [1.82, 2.24) is 9.97 Å². The van der Waals surface area contributed by atoms with Crippen LogP contribution >= 0.6 is 23.1 Å². The Balaban J connectivity index is 2.58. The molecule has 0 unspecified atom stereocenters. The smallest absolute Gasteiger partial charge is 0.357 e. The molecule has 0 aromatic carbocycles. The minimum atomic E-state index is -4.47. The Labute approximate surface area is 116 Å². The van der Waals surface area contributed by atoms with Gasteiger partial charge in [-0.1, -0.05) is 0 Å². The van der Waals surface area contributed by atoms with Gasteiger partial charge in [0, 0.05) is 23.5 Å². The molecule has 1 N–H and O–H groups in total. The van der Waals surface area contributed by atoms with Crippen LogP contribution in [-0.2, 0) is 6.18 Å². The lowest BCUT2D eigenvalue weighted by Crippen LogP contribution is -2.10. The molecule has 3 nitrogen and oxygen atoms in total. The van der Waals surface area contributed by atoms with Gasteiger partial charge in [0.05, 0.1) is 10.6 Å². The number of hydrogen-bond acceptors (Lipinski definition) is 5. The molecule has 0 spiro atoms. The van der Waals surface area contributed by atoms with Crippen LogP contribution in [0.15, 0.2) is 22.5 Å². The number of nitrogens with one attached hydrogen (secondary N) is 1. The van der Waals surface area contributed by atoms with Crippen LogP contribution in [0.3, 0.4) is 0 Å². The minimum Gasteiger partial charge on any atom is -0.357 e. The Hall–Kier alpha value is -1.28. The summed E-state index contributed by atoms with van der Waals surface area (Å²) < 4.78 is 38.9. The summed E-state index contributed by atoms with van der Waals surface area (Å²) >= 11 is 2.72. The number of nitrogens with zero attached hydrogens (tertiary/aromatic N) is 2. The van der Waals surface area contributed by atoms with Gasteiger partial charge in [-0.25, -0.2) is 9.97 Å². The van der Waals surface area contributed by atoms with Gasteiger partial charge in [-0.15, -0.1) is 23.1 Å². The lowest BCUT2D eigenvalue weighted by molar-refractivity contribution is -0.137. The van der Waals surface area contributed by atoms with Crippen molar-refractivity contribution < 1.29 is 13.2 Å².